The minimum atomic E-state index is -4.45. The lowest BCUT2D eigenvalue weighted by atomic mass is 10.1. The molecular formula is C47H43N9O4S. The van der Waals surface area contributed by atoms with Crippen molar-refractivity contribution in [3.63, 3.8) is 0 Å². The molecule has 0 saturated carbocycles. The maximum absolute atomic E-state index is 11.7. The van der Waals surface area contributed by atoms with Crippen LogP contribution in [0.4, 0.5) is 51.2 Å². The minimum absolute atomic E-state index is 0.0315. The smallest absolute Gasteiger partial charge is 0.296 e. The van der Waals surface area contributed by atoms with Crippen molar-refractivity contribution < 1.29 is 18.1 Å². The molecule has 0 atom stereocenters. The molecule has 306 valence electrons. The topological polar surface area (TPSA) is 186 Å². The largest absolute Gasteiger partial charge is 0.505 e. The molecule has 61 heavy (non-hydrogen) atoms. The molecule has 0 aromatic heterocycles. The van der Waals surface area contributed by atoms with E-state index >= 15 is 0 Å². The predicted molar refractivity (Wildman–Crippen MR) is 240 cm³/mol. The molecule has 0 bridgehead atoms. The quantitative estimate of drug-likeness (QED) is 0.0815. The molecule has 0 radical (unpaired) electrons. The van der Waals surface area contributed by atoms with Crippen molar-refractivity contribution in [1.82, 2.24) is 0 Å². The van der Waals surface area contributed by atoms with Crippen LogP contribution in [0.15, 0.2) is 167 Å². The monoisotopic (exact) mass is 829 g/mol. The Hall–Kier alpha value is -7.29. The van der Waals surface area contributed by atoms with Crippen LogP contribution < -0.4 is 5.32 Å². The van der Waals surface area contributed by atoms with Gasteiger partial charge in [0.25, 0.3) is 10.1 Å². The van der Waals surface area contributed by atoms with Crippen LogP contribution in [0.3, 0.4) is 0 Å². The molecule has 0 amide bonds. The molecule has 0 heterocycles. The van der Waals surface area contributed by atoms with Crippen molar-refractivity contribution in [3.8, 4) is 5.75 Å². The molecule has 0 aliphatic carbocycles. The van der Waals surface area contributed by atoms with Crippen LogP contribution in [-0.2, 0) is 16.7 Å². The van der Waals surface area contributed by atoms with E-state index in [1.165, 1.54) is 23.8 Å². The number of aryl methyl sites for hydroxylation is 6. The predicted octanol–water partition coefficient (Wildman–Crippen LogP) is 14.9. The molecule has 0 saturated heterocycles. The second-order valence-electron chi connectivity index (χ2n) is 14.7. The number of phenols is 1. The van der Waals surface area contributed by atoms with Gasteiger partial charge in [0.1, 0.15) is 16.3 Å². The highest BCUT2D eigenvalue weighted by Gasteiger charge is 2.15. The van der Waals surface area contributed by atoms with E-state index in [2.05, 4.69) is 58.4 Å². The molecule has 0 spiro atoms. The minimum Gasteiger partial charge on any atom is -0.505 e. The van der Waals surface area contributed by atoms with Crippen LogP contribution in [0.25, 0.3) is 10.8 Å². The Bertz CT molecular complexity index is 3040. The number of hydrogen-bond donors (Lipinski definition) is 3. The fraction of sp³-hybridized carbons (Fsp3) is 0.149. The molecule has 0 unspecified atom stereocenters. The van der Waals surface area contributed by atoms with Crippen molar-refractivity contribution in [3.05, 3.63) is 160 Å². The number of nitrogens with one attached hydrogen (secondary N) is 1. The summed E-state index contributed by atoms with van der Waals surface area (Å²) in [5.41, 5.74) is 11.4. The first-order valence-electron chi connectivity index (χ1n) is 19.3. The lowest BCUT2D eigenvalue weighted by Gasteiger charge is -2.09. The van der Waals surface area contributed by atoms with E-state index in [0.717, 1.165) is 44.5 Å². The highest BCUT2D eigenvalue weighted by atomic mass is 32.2. The number of fused-ring (bicyclic) bond motifs is 1. The van der Waals surface area contributed by atoms with Crippen molar-refractivity contribution in [2.24, 2.45) is 40.9 Å². The average Bonchev–Trinajstić information content (AvgIpc) is 3.24. The first-order valence-corrected chi connectivity index (χ1v) is 20.8. The molecule has 14 heteroatoms. The Labute approximate surface area is 354 Å². The Morgan fingerprint density at radius 3 is 1.33 bits per heavy atom. The normalized spacial score (nSPS) is 12.2. The number of phenolic OH excluding ortho intramolecular Hbond substituents is 1. The first kappa shape index (κ1) is 41.9. The summed E-state index contributed by atoms with van der Waals surface area (Å²) in [6.07, 6.45) is 0. The van der Waals surface area contributed by atoms with Gasteiger partial charge >= 0.3 is 0 Å². The van der Waals surface area contributed by atoms with Crippen LogP contribution in [0.1, 0.15) is 38.9 Å². The third-order valence-corrected chi connectivity index (χ3v) is 11.0. The molecule has 0 aliphatic heterocycles. The Kier molecular flexibility index (Phi) is 12.3. The van der Waals surface area contributed by atoms with Crippen molar-refractivity contribution in [2.45, 2.75) is 53.0 Å². The first-order chi connectivity index (χ1) is 29.2. The van der Waals surface area contributed by atoms with Gasteiger partial charge in [-0.2, -0.15) is 39.1 Å². The van der Waals surface area contributed by atoms with Crippen LogP contribution >= 0.6 is 0 Å². The maximum atomic E-state index is 11.7. The van der Waals surface area contributed by atoms with Crippen molar-refractivity contribution >= 4 is 72.1 Å². The number of nitrogens with zero attached hydrogens (tertiary/aromatic N) is 8. The molecule has 3 N–H and O–H groups in total. The Balaban J connectivity index is 1.02. The second-order valence-corrected chi connectivity index (χ2v) is 16.1. The molecule has 7 aromatic rings. The van der Waals surface area contributed by atoms with E-state index in [9.17, 15) is 18.1 Å². The zero-order chi connectivity index (χ0) is 43.3. The summed E-state index contributed by atoms with van der Waals surface area (Å²) in [6.45, 7) is 12.2. The molecule has 7 aromatic carbocycles. The van der Waals surface area contributed by atoms with E-state index < -0.39 is 10.1 Å². The third kappa shape index (κ3) is 9.95. The molecule has 0 aliphatic rings. The zero-order valence-electron chi connectivity index (χ0n) is 34.5. The summed E-state index contributed by atoms with van der Waals surface area (Å²) in [6, 6.07) is 36.8. The average molecular weight is 830 g/mol. The van der Waals surface area contributed by atoms with Gasteiger partial charge in [0, 0.05) is 17.6 Å². The van der Waals surface area contributed by atoms with E-state index in [1.807, 2.05) is 114 Å². The SMILES string of the molecule is Cc1cc(N=Nc2cc(C)c(N=Nc3ccc4cc(NCc5ccccc5)ccc4c3O)cc2C)c(C)cc1N=Nc1cc(C)c(N=Nc2ccccc2S(=O)(=O)O)cc1C. The lowest BCUT2D eigenvalue weighted by molar-refractivity contribution is 0.482. The summed E-state index contributed by atoms with van der Waals surface area (Å²) in [5, 5.41) is 51.5. The van der Waals surface area contributed by atoms with Gasteiger partial charge in [-0.15, -0.1) is 10.2 Å². The van der Waals surface area contributed by atoms with E-state index in [-0.39, 0.29) is 16.3 Å². The molecule has 7 rings (SSSR count). The van der Waals surface area contributed by atoms with Gasteiger partial charge in [0.15, 0.2) is 5.75 Å². The highest BCUT2D eigenvalue weighted by molar-refractivity contribution is 7.86. The van der Waals surface area contributed by atoms with Crippen molar-refractivity contribution in [1.29, 1.82) is 0 Å². The number of azo groups is 4. The van der Waals surface area contributed by atoms with Crippen LogP contribution in [-0.4, -0.2) is 18.1 Å². The fourth-order valence-electron chi connectivity index (χ4n) is 6.48. The van der Waals surface area contributed by atoms with E-state index in [4.69, 9.17) is 0 Å². The summed E-state index contributed by atoms with van der Waals surface area (Å²) < 4.78 is 33.0. The van der Waals surface area contributed by atoms with Crippen LogP contribution in [0.5, 0.6) is 5.75 Å². The van der Waals surface area contributed by atoms with Crippen LogP contribution in [0.2, 0.25) is 0 Å². The number of benzene rings is 7. The number of hydrogen-bond acceptors (Lipinski definition) is 12. The zero-order valence-corrected chi connectivity index (χ0v) is 35.3. The summed E-state index contributed by atoms with van der Waals surface area (Å²) >= 11 is 0. The van der Waals surface area contributed by atoms with Crippen LogP contribution in [0, 0.1) is 41.5 Å². The lowest BCUT2D eigenvalue weighted by Crippen LogP contribution is -1.98. The Morgan fingerprint density at radius 2 is 0.869 bits per heavy atom. The molecule has 13 nitrogen and oxygen atoms in total. The summed E-state index contributed by atoms with van der Waals surface area (Å²) in [7, 11) is -4.45. The van der Waals surface area contributed by atoms with Gasteiger partial charge < -0.3 is 10.4 Å². The van der Waals surface area contributed by atoms with Gasteiger partial charge in [-0.3, -0.25) is 4.55 Å². The second kappa shape index (κ2) is 17.9. The maximum Gasteiger partial charge on any atom is 0.296 e. The van der Waals surface area contributed by atoms with Gasteiger partial charge in [0.05, 0.1) is 34.1 Å². The molecular weight excluding hydrogens is 787 g/mol. The third-order valence-electron chi connectivity index (χ3n) is 10.1. The Morgan fingerprint density at radius 1 is 0.459 bits per heavy atom. The fourth-order valence-corrected chi connectivity index (χ4v) is 7.11. The number of rotatable bonds is 12. The van der Waals surface area contributed by atoms with Gasteiger partial charge in [-0.1, -0.05) is 48.5 Å². The van der Waals surface area contributed by atoms with Gasteiger partial charge in [-0.05, 0) is 159 Å². The number of anilines is 1. The van der Waals surface area contributed by atoms with E-state index in [1.54, 1.807) is 18.2 Å². The summed E-state index contributed by atoms with van der Waals surface area (Å²) in [5.74, 6) is 0.0683. The van der Waals surface area contributed by atoms with Gasteiger partial charge in [0.2, 0.25) is 0 Å². The highest BCUT2D eigenvalue weighted by Crippen LogP contribution is 2.39. The van der Waals surface area contributed by atoms with E-state index in [0.29, 0.717) is 51.7 Å². The van der Waals surface area contributed by atoms with Gasteiger partial charge in [-0.25, -0.2) is 0 Å². The standard InChI is InChI=1S/C47H43N9O4S/c1-28-22-42(30(3)20-40(28)51-49-38-14-10-11-15-46(38)61(58,59)60)53-55-44-24-33(6)45(25-32(44)5)56-54-43-23-29(2)41(21-31(43)4)52-50-39-19-16-35-26-36(17-18-37(35)47(39)57)48-27-34-12-8-7-9-13-34/h7-26,48,57H,27H2,1-6H3,(H,58,59,60). The number of aromatic hydroxyl groups is 1. The van der Waals surface area contributed by atoms with Crippen molar-refractivity contribution in [2.75, 3.05) is 5.32 Å². The molecule has 0 fully saturated rings. The summed E-state index contributed by atoms with van der Waals surface area (Å²) in [4.78, 5) is -0.320.